The Morgan fingerprint density at radius 3 is 2.88 bits per heavy atom. The highest BCUT2D eigenvalue weighted by Gasteiger charge is 2.09. The van der Waals surface area contributed by atoms with Crippen molar-refractivity contribution in [2.24, 2.45) is 0 Å². The lowest BCUT2D eigenvalue weighted by atomic mass is 10.1. The number of methoxy groups -OCH3 is 1. The lowest BCUT2D eigenvalue weighted by Crippen LogP contribution is -2.20. The lowest BCUT2D eigenvalue weighted by Gasteiger charge is -2.13. The molecular formula is C14H20N2O. The molecule has 1 N–H and O–H groups in total. The Balaban J connectivity index is 2.28. The minimum Gasteiger partial charge on any atom is -0.496 e. The Morgan fingerprint density at radius 1 is 1.35 bits per heavy atom. The number of nitrogens with zero attached hydrogens (tertiary/aromatic N) is 1. The Bertz CT molecular complexity index is 490. The number of fused-ring (bicyclic) bond motifs is 1. The highest BCUT2D eigenvalue weighted by Crippen LogP contribution is 2.28. The van der Waals surface area contributed by atoms with E-state index in [0.29, 0.717) is 0 Å². The second-order valence-corrected chi connectivity index (χ2v) is 4.34. The van der Waals surface area contributed by atoms with E-state index in [1.165, 1.54) is 10.9 Å². The van der Waals surface area contributed by atoms with Crippen molar-refractivity contribution in [2.75, 3.05) is 27.2 Å². The van der Waals surface area contributed by atoms with Gasteiger partial charge in [-0.1, -0.05) is 13.0 Å². The first kappa shape index (κ1) is 12.0. The molecule has 0 bridgehead atoms. The molecule has 0 atom stereocenters. The summed E-state index contributed by atoms with van der Waals surface area (Å²) in [5.74, 6) is 0.956. The number of hydrogen-bond donors (Lipinski definition) is 1. The third kappa shape index (κ3) is 2.44. The van der Waals surface area contributed by atoms with E-state index >= 15 is 0 Å². The molecule has 0 aliphatic rings. The number of aromatic amines is 1. The van der Waals surface area contributed by atoms with Gasteiger partial charge in [0, 0.05) is 23.6 Å². The molecule has 1 heterocycles. The van der Waals surface area contributed by atoms with E-state index in [1.54, 1.807) is 7.11 Å². The lowest BCUT2D eigenvalue weighted by molar-refractivity contribution is 0.358. The van der Waals surface area contributed by atoms with E-state index < -0.39 is 0 Å². The average Bonchev–Trinajstić information content (AvgIpc) is 2.79. The van der Waals surface area contributed by atoms with Gasteiger partial charge < -0.3 is 14.6 Å². The molecule has 0 spiro atoms. The molecule has 2 rings (SSSR count). The van der Waals surface area contributed by atoms with E-state index in [2.05, 4.69) is 36.1 Å². The van der Waals surface area contributed by atoms with E-state index in [1.807, 2.05) is 12.1 Å². The molecule has 0 amide bonds. The quantitative estimate of drug-likeness (QED) is 0.858. The maximum absolute atomic E-state index is 5.43. The van der Waals surface area contributed by atoms with Crippen molar-refractivity contribution in [3.05, 3.63) is 30.0 Å². The Hall–Kier alpha value is -1.48. The van der Waals surface area contributed by atoms with Crippen molar-refractivity contribution >= 4 is 10.9 Å². The number of nitrogens with one attached hydrogen (secondary N) is 1. The predicted molar refractivity (Wildman–Crippen MR) is 71.7 cm³/mol. The van der Waals surface area contributed by atoms with Gasteiger partial charge in [0.1, 0.15) is 5.75 Å². The molecule has 0 radical (unpaired) electrons. The van der Waals surface area contributed by atoms with Crippen LogP contribution < -0.4 is 4.74 Å². The van der Waals surface area contributed by atoms with Crippen LogP contribution in [0.15, 0.2) is 24.4 Å². The van der Waals surface area contributed by atoms with Gasteiger partial charge >= 0.3 is 0 Å². The summed E-state index contributed by atoms with van der Waals surface area (Å²) in [6.07, 6.45) is 3.14. The fraction of sp³-hybridized carbons (Fsp3) is 0.429. The molecule has 0 saturated carbocycles. The Labute approximate surface area is 102 Å². The van der Waals surface area contributed by atoms with Gasteiger partial charge in [0.05, 0.1) is 7.11 Å². The maximum Gasteiger partial charge on any atom is 0.128 e. The molecule has 0 unspecified atom stereocenters. The third-order valence-corrected chi connectivity index (χ3v) is 3.27. The zero-order chi connectivity index (χ0) is 12.3. The van der Waals surface area contributed by atoms with E-state index in [4.69, 9.17) is 4.74 Å². The number of H-pyrrole nitrogens is 1. The summed E-state index contributed by atoms with van der Waals surface area (Å²) in [4.78, 5) is 5.62. The zero-order valence-electron chi connectivity index (χ0n) is 10.8. The number of rotatable bonds is 5. The van der Waals surface area contributed by atoms with Crippen molar-refractivity contribution in [1.82, 2.24) is 9.88 Å². The molecule has 92 valence electrons. The van der Waals surface area contributed by atoms with Crippen molar-refractivity contribution in [3.8, 4) is 5.75 Å². The van der Waals surface area contributed by atoms with Crippen LogP contribution in [0.1, 0.15) is 12.5 Å². The van der Waals surface area contributed by atoms with Crippen LogP contribution in [0.4, 0.5) is 0 Å². The van der Waals surface area contributed by atoms with Gasteiger partial charge in [0.2, 0.25) is 0 Å². The molecule has 17 heavy (non-hydrogen) atoms. The SMILES string of the molecule is CCN(C)CCc1c[nH]c2cccc(OC)c12. The van der Waals surface area contributed by atoms with Crippen LogP contribution in [-0.2, 0) is 6.42 Å². The minimum absolute atomic E-state index is 0.956. The van der Waals surface area contributed by atoms with Gasteiger partial charge in [-0.15, -0.1) is 0 Å². The fourth-order valence-electron chi connectivity index (χ4n) is 2.06. The van der Waals surface area contributed by atoms with Crippen LogP contribution in [0.3, 0.4) is 0 Å². The van der Waals surface area contributed by atoms with Crippen molar-refractivity contribution in [1.29, 1.82) is 0 Å². The molecule has 0 aliphatic heterocycles. The highest BCUT2D eigenvalue weighted by molar-refractivity contribution is 5.89. The van der Waals surface area contributed by atoms with Crippen LogP contribution >= 0.6 is 0 Å². The molecular weight excluding hydrogens is 212 g/mol. The Kier molecular flexibility index (Phi) is 3.69. The first-order chi connectivity index (χ1) is 8.26. The second-order valence-electron chi connectivity index (χ2n) is 4.34. The molecule has 0 saturated heterocycles. The van der Waals surface area contributed by atoms with E-state index in [9.17, 15) is 0 Å². The number of hydrogen-bond acceptors (Lipinski definition) is 2. The maximum atomic E-state index is 5.43. The fourth-order valence-corrected chi connectivity index (χ4v) is 2.06. The summed E-state index contributed by atoms with van der Waals surface area (Å²) >= 11 is 0. The molecule has 0 fully saturated rings. The Morgan fingerprint density at radius 2 is 2.18 bits per heavy atom. The monoisotopic (exact) mass is 232 g/mol. The number of ether oxygens (including phenoxy) is 1. The molecule has 3 nitrogen and oxygen atoms in total. The summed E-state index contributed by atoms with van der Waals surface area (Å²) in [6, 6.07) is 6.12. The number of benzene rings is 1. The van der Waals surface area contributed by atoms with Crippen LogP contribution in [-0.4, -0.2) is 37.1 Å². The highest BCUT2D eigenvalue weighted by atomic mass is 16.5. The van der Waals surface area contributed by atoms with Crippen LogP contribution in [0.5, 0.6) is 5.75 Å². The van der Waals surface area contributed by atoms with Gasteiger partial charge in [-0.3, -0.25) is 0 Å². The largest absolute Gasteiger partial charge is 0.496 e. The van der Waals surface area contributed by atoms with Gasteiger partial charge in [0.25, 0.3) is 0 Å². The zero-order valence-corrected chi connectivity index (χ0v) is 10.8. The van der Waals surface area contributed by atoms with Gasteiger partial charge in [-0.2, -0.15) is 0 Å². The molecule has 2 aromatic rings. The van der Waals surface area contributed by atoms with Gasteiger partial charge in [0.15, 0.2) is 0 Å². The summed E-state index contributed by atoms with van der Waals surface area (Å²) in [5, 5.41) is 1.22. The predicted octanol–water partition coefficient (Wildman–Crippen LogP) is 2.67. The summed E-state index contributed by atoms with van der Waals surface area (Å²) in [7, 11) is 3.87. The van der Waals surface area contributed by atoms with Crippen LogP contribution in [0.25, 0.3) is 10.9 Å². The van der Waals surface area contributed by atoms with Gasteiger partial charge in [-0.05, 0) is 37.7 Å². The first-order valence-corrected chi connectivity index (χ1v) is 6.07. The summed E-state index contributed by atoms with van der Waals surface area (Å²) in [5.41, 5.74) is 2.48. The molecule has 1 aromatic carbocycles. The van der Waals surface area contributed by atoms with Crippen LogP contribution in [0.2, 0.25) is 0 Å². The smallest absolute Gasteiger partial charge is 0.128 e. The topological polar surface area (TPSA) is 28.3 Å². The summed E-state index contributed by atoms with van der Waals surface area (Å²) < 4.78 is 5.43. The molecule has 0 aliphatic carbocycles. The van der Waals surface area contributed by atoms with E-state index in [0.717, 1.165) is 30.8 Å². The van der Waals surface area contributed by atoms with E-state index in [-0.39, 0.29) is 0 Å². The molecule has 3 heteroatoms. The van der Waals surface area contributed by atoms with Crippen molar-refractivity contribution < 1.29 is 4.74 Å². The third-order valence-electron chi connectivity index (χ3n) is 3.27. The normalized spacial score (nSPS) is 11.3. The standard InChI is InChI=1S/C14H20N2O/c1-4-16(2)9-8-11-10-15-12-6-5-7-13(17-3)14(11)12/h5-7,10,15H,4,8-9H2,1-3H3. The number of aromatic nitrogens is 1. The van der Waals surface area contributed by atoms with Crippen molar-refractivity contribution in [3.63, 3.8) is 0 Å². The molecule has 1 aromatic heterocycles. The average molecular weight is 232 g/mol. The minimum atomic E-state index is 0.956. The summed E-state index contributed by atoms with van der Waals surface area (Å²) in [6.45, 7) is 4.33. The second kappa shape index (κ2) is 5.23. The van der Waals surface area contributed by atoms with Crippen LogP contribution in [0, 0.1) is 0 Å². The van der Waals surface area contributed by atoms with Gasteiger partial charge in [-0.25, -0.2) is 0 Å². The number of likely N-dealkylation sites (N-methyl/N-ethyl adjacent to an activating group) is 1. The first-order valence-electron chi connectivity index (χ1n) is 6.07. The van der Waals surface area contributed by atoms with Crippen molar-refractivity contribution in [2.45, 2.75) is 13.3 Å².